The van der Waals surface area contributed by atoms with Crippen molar-refractivity contribution in [3.05, 3.63) is 0 Å². The van der Waals surface area contributed by atoms with Crippen molar-refractivity contribution in [2.75, 3.05) is 20.3 Å². The van der Waals surface area contributed by atoms with Gasteiger partial charge in [-0.15, -0.1) is 0 Å². The highest BCUT2D eigenvalue weighted by Gasteiger charge is 2.47. The Labute approximate surface area is 65.1 Å². The molecule has 0 radical (unpaired) electrons. The Balaban J connectivity index is 2.04. The molecular weight excluding hydrogens is 148 g/mol. The summed E-state index contributed by atoms with van der Waals surface area (Å²) in [7, 11) is 1.63. The zero-order valence-corrected chi connectivity index (χ0v) is 6.40. The summed E-state index contributed by atoms with van der Waals surface area (Å²) in [5, 5.41) is 9.31. The van der Waals surface area contributed by atoms with Crippen molar-refractivity contribution in [2.24, 2.45) is 0 Å². The Kier molecular flexibility index (Phi) is 1.85. The van der Waals surface area contributed by atoms with Gasteiger partial charge in [0.1, 0.15) is 24.4 Å². The van der Waals surface area contributed by atoms with Crippen LogP contribution in [0.5, 0.6) is 0 Å². The van der Waals surface area contributed by atoms with Crippen molar-refractivity contribution in [3.8, 4) is 0 Å². The predicted octanol–water partition coefficient (Wildman–Crippen LogP) is -0.840. The van der Waals surface area contributed by atoms with Gasteiger partial charge in [-0.1, -0.05) is 0 Å². The van der Waals surface area contributed by atoms with Gasteiger partial charge in [0.05, 0.1) is 13.2 Å². The molecule has 0 aromatic heterocycles. The molecule has 4 atom stereocenters. The van der Waals surface area contributed by atoms with Gasteiger partial charge >= 0.3 is 0 Å². The zero-order valence-electron chi connectivity index (χ0n) is 6.40. The molecule has 2 unspecified atom stereocenters. The average Bonchev–Trinajstić information content (AvgIpc) is 2.53. The molecule has 2 fully saturated rings. The Morgan fingerprint density at radius 2 is 2.00 bits per heavy atom. The summed E-state index contributed by atoms with van der Waals surface area (Å²) in [5.74, 6) is 0. The lowest BCUT2D eigenvalue weighted by molar-refractivity contribution is -0.0168. The van der Waals surface area contributed by atoms with Crippen LogP contribution in [0.2, 0.25) is 0 Å². The Morgan fingerprint density at radius 3 is 2.73 bits per heavy atom. The summed E-state index contributed by atoms with van der Waals surface area (Å²) < 4.78 is 15.7. The molecule has 2 rings (SSSR count). The molecule has 2 saturated heterocycles. The number of fused-ring (bicyclic) bond motifs is 1. The third-order valence-corrected chi connectivity index (χ3v) is 2.28. The normalized spacial score (nSPS) is 49.6. The lowest BCUT2D eigenvalue weighted by Crippen LogP contribution is -2.32. The maximum absolute atomic E-state index is 9.31. The molecule has 0 aromatic carbocycles. The van der Waals surface area contributed by atoms with Gasteiger partial charge in [-0.05, 0) is 0 Å². The smallest absolute Gasteiger partial charge is 0.115 e. The first kappa shape index (κ1) is 7.49. The second kappa shape index (κ2) is 2.71. The number of methoxy groups -OCH3 is 1. The summed E-state index contributed by atoms with van der Waals surface area (Å²) in [6.45, 7) is 0.901. The number of rotatable bonds is 1. The van der Waals surface area contributed by atoms with Gasteiger partial charge in [-0.3, -0.25) is 0 Å². The number of aliphatic hydroxyl groups is 1. The highest BCUT2D eigenvalue weighted by molar-refractivity contribution is 4.94. The Morgan fingerprint density at radius 1 is 1.27 bits per heavy atom. The molecule has 2 aliphatic heterocycles. The third kappa shape index (κ3) is 1.06. The topological polar surface area (TPSA) is 47.9 Å². The van der Waals surface area contributed by atoms with Crippen LogP contribution in [0.25, 0.3) is 0 Å². The highest BCUT2D eigenvalue weighted by Crippen LogP contribution is 2.28. The van der Waals surface area contributed by atoms with Crippen molar-refractivity contribution in [2.45, 2.75) is 24.4 Å². The van der Waals surface area contributed by atoms with E-state index < -0.39 is 6.10 Å². The van der Waals surface area contributed by atoms with Crippen LogP contribution in [0.1, 0.15) is 0 Å². The van der Waals surface area contributed by atoms with Crippen LogP contribution < -0.4 is 0 Å². The van der Waals surface area contributed by atoms with Crippen LogP contribution in [0.3, 0.4) is 0 Å². The largest absolute Gasteiger partial charge is 0.388 e. The van der Waals surface area contributed by atoms with Crippen LogP contribution in [0.15, 0.2) is 0 Å². The maximum Gasteiger partial charge on any atom is 0.115 e. The van der Waals surface area contributed by atoms with Gasteiger partial charge in [-0.25, -0.2) is 0 Å². The molecule has 1 N–H and O–H groups in total. The van der Waals surface area contributed by atoms with Crippen molar-refractivity contribution in [1.29, 1.82) is 0 Å². The molecule has 0 spiro atoms. The van der Waals surface area contributed by atoms with Gasteiger partial charge in [0.15, 0.2) is 0 Å². The second-order valence-electron chi connectivity index (χ2n) is 2.94. The van der Waals surface area contributed by atoms with E-state index in [1.807, 2.05) is 0 Å². The lowest BCUT2D eigenvalue weighted by Gasteiger charge is -2.12. The van der Waals surface area contributed by atoms with Crippen LogP contribution in [0, 0.1) is 0 Å². The molecular formula is C7H12O4. The van der Waals surface area contributed by atoms with E-state index in [0.717, 1.165) is 0 Å². The minimum absolute atomic E-state index is 0.00264. The van der Waals surface area contributed by atoms with Crippen LogP contribution >= 0.6 is 0 Å². The number of hydrogen-bond acceptors (Lipinski definition) is 4. The van der Waals surface area contributed by atoms with Crippen molar-refractivity contribution in [1.82, 2.24) is 0 Å². The van der Waals surface area contributed by atoms with Gasteiger partial charge in [0.25, 0.3) is 0 Å². The molecule has 0 amide bonds. The van der Waals surface area contributed by atoms with Gasteiger partial charge < -0.3 is 19.3 Å². The average molecular weight is 160 g/mol. The summed E-state index contributed by atoms with van der Waals surface area (Å²) in [4.78, 5) is 0. The van der Waals surface area contributed by atoms with E-state index in [2.05, 4.69) is 0 Å². The Bertz CT molecular complexity index is 149. The third-order valence-electron chi connectivity index (χ3n) is 2.28. The van der Waals surface area contributed by atoms with E-state index in [9.17, 15) is 5.11 Å². The standard InChI is InChI=1S/C7H12O4/c1-9-5-3-11-6-4(8)2-10-7(5)6/h4-8H,2-3H2,1H3/t4-,5-,6?,7?/m0/s1. The van der Waals surface area contributed by atoms with Crippen molar-refractivity contribution < 1.29 is 19.3 Å². The highest BCUT2D eigenvalue weighted by atomic mass is 16.6. The second-order valence-corrected chi connectivity index (χ2v) is 2.94. The number of ether oxygens (including phenoxy) is 3. The summed E-state index contributed by atoms with van der Waals surface area (Å²) in [5.41, 5.74) is 0. The van der Waals surface area contributed by atoms with E-state index in [0.29, 0.717) is 13.2 Å². The van der Waals surface area contributed by atoms with Crippen molar-refractivity contribution in [3.63, 3.8) is 0 Å². The Hall–Kier alpha value is -0.160. The zero-order chi connectivity index (χ0) is 7.84. The van der Waals surface area contributed by atoms with E-state index in [-0.39, 0.29) is 18.3 Å². The molecule has 4 nitrogen and oxygen atoms in total. The first-order valence-electron chi connectivity index (χ1n) is 3.77. The first-order valence-corrected chi connectivity index (χ1v) is 3.77. The van der Waals surface area contributed by atoms with Crippen LogP contribution in [0.4, 0.5) is 0 Å². The summed E-state index contributed by atoms with van der Waals surface area (Å²) >= 11 is 0. The summed E-state index contributed by atoms with van der Waals surface area (Å²) in [6, 6.07) is 0. The lowest BCUT2D eigenvalue weighted by atomic mass is 10.1. The fourth-order valence-corrected chi connectivity index (χ4v) is 1.65. The van der Waals surface area contributed by atoms with Crippen LogP contribution in [-0.2, 0) is 14.2 Å². The SMILES string of the molecule is CO[C@H]1COC2C1OC[C@@H]2O. The van der Waals surface area contributed by atoms with Gasteiger partial charge in [0.2, 0.25) is 0 Å². The van der Waals surface area contributed by atoms with E-state index in [4.69, 9.17) is 14.2 Å². The minimum Gasteiger partial charge on any atom is -0.388 e. The number of hydrogen-bond donors (Lipinski definition) is 1. The molecule has 2 aliphatic rings. The fraction of sp³-hybridized carbons (Fsp3) is 1.00. The van der Waals surface area contributed by atoms with Crippen molar-refractivity contribution >= 4 is 0 Å². The van der Waals surface area contributed by atoms with E-state index >= 15 is 0 Å². The molecule has 2 heterocycles. The fourth-order valence-electron chi connectivity index (χ4n) is 1.65. The molecule has 0 saturated carbocycles. The number of aliphatic hydroxyl groups excluding tert-OH is 1. The van der Waals surface area contributed by atoms with Gasteiger partial charge in [-0.2, -0.15) is 0 Å². The molecule has 0 aliphatic carbocycles. The van der Waals surface area contributed by atoms with Gasteiger partial charge in [0, 0.05) is 7.11 Å². The molecule has 0 aromatic rings. The molecule has 64 valence electrons. The minimum atomic E-state index is -0.472. The van der Waals surface area contributed by atoms with E-state index in [1.165, 1.54) is 0 Å². The monoisotopic (exact) mass is 160 g/mol. The maximum atomic E-state index is 9.31. The predicted molar refractivity (Wildman–Crippen MR) is 36.3 cm³/mol. The summed E-state index contributed by atoms with van der Waals surface area (Å²) in [6.07, 6.45) is -0.702. The molecule has 4 heteroatoms. The van der Waals surface area contributed by atoms with Crippen LogP contribution in [-0.4, -0.2) is 49.8 Å². The van der Waals surface area contributed by atoms with E-state index in [1.54, 1.807) is 7.11 Å². The quantitative estimate of drug-likeness (QED) is 0.543. The first-order chi connectivity index (χ1) is 5.33. The molecule has 0 bridgehead atoms. The molecule has 11 heavy (non-hydrogen) atoms.